The number of Topliss-reactive ketones (excluding diaryl/α,β-unsaturated/α-hetero) is 1. The van der Waals surface area contributed by atoms with E-state index in [2.05, 4.69) is 5.92 Å². The van der Waals surface area contributed by atoms with E-state index in [9.17, 15) is 4.79 Å². The summed E-state index contributed by atoms with van der Waals surface area (Å²) in [6, 6.07) is 7.74. The molecule has 0 radical (unpaired) electrons. The minimum atomic E-state index is 0.214. The Kier molecular flexibility index (Phi) is 3.28. The van der Waals surface area contributed by atoms with Crippen LogP contribution in [0.4, 0.5) is 0 Å². The van der Waals surface area contributed by atoms with E-state index in [1.807, 2.05) is 24.3 Å². The summed E-state index contributed by atoms with van der Waals surface area (Å²) in [6.45, 7) is 1.60. The zero-order chi connectivity index (χ0) is 9.68. The van der Waals surface area contributed by atoms with Crippen molar-refractivity contribution in [3.05, 3.63) is 35.4 Å². The molecule has 0 spiro atoms. The number of hydrogen-bond donors (Lipinski definition) is 0. The van der Waals surface area contributed by atoms with Crippen molar-refractivity contribution >= 4 is 5.78 Å². The Balaban J connectivity index is 2.68. The standard InChI is InChI=1S/C12H12O/c1-3-11-5-4-6-12(9-11)8-7-10(2)13/h1,4-6,9H,7-8H2,2H3. The fourth-order valence-corrected chi connectivity index (χ4v) is 1.14. The van der Waals surface area contributed by atoms with Gasteiger partial charge in [-0.05, 0) is 31.0 Å². The first kappa shape index (κ1) is 9.54. The molecule has 66 valence electrons. The molecule has 13 heavy (non-hydrogen) atoms. The van der Waals surface area contributed by atoms with E-state index in [-0.39, 0.29) is 5.78 Å². The van der Waals surface area contributed by atoms with E-state index in [0.717, 1.165) is 17.5 Å². The van der Waals surface area contributed by atoms with E-state index in [1.165, 1.54) is 0 Å². The van der Waals surface area contributed by atoms with Crippen molar-refractivity contribution in [1.29, 1.82) is 0 Å². The van der Waals surface area contributed by atoms with Gasteiger partial charge in [0.05, 0.1) is 0 Å². The van der Waals surface area contributed by atoms with Gasteiger partial charge in [0.15, 0.2) is 0 Å². The second-order valence-corrected chi connectivity index (χ2v) is 3.05. The lowest BCUT2D eigenvalue weighted by atomic mass is 10.1. The lowest BCUT2D eigenvalue weighted by Gasteiger charge is -1.99. The third-order valence-electron chi connectivity index (χ3n) is 1.86. The number of aryl methyl sites for hydroxylation is 1. The summed E-state index contributed by atoms with van der Waals surface area (Å²) in [6.07, 6.45) is 6.63. The number of benzene rings is 1. The van der Waals surface area contributed by atoms with Crippen LogP contribution >= 0.6 is 0 Å². The van der Waals surface area contributed by atoms with Crippen LogP contribution in [0.2, 0.25) is 0 Å². The third-order valence-corrected chi connectivity index (χ3v) is 1.86. The van der Waals surface area contributed by atoms with Gasteiger partial charge in [0, 0.05) is 12.0 Å². The highest BCUT2D eigenvalue weighted by Crippen LogP contribution is 2.06. The summed E-state index contributed by atoms with van der Waals surface area (Å²) < 4.78 is 0. The van der Waals surface area contributed by atoms with Crippen LogP contribution in [0.25, 0.3) is 0 Å². The zero-order valence-corrected chi connectivity index (χ0v) is 7.71. The smallest absolute Gasteiger partial charge is 0.130 e. The molecule has 0 aliphatic heterocycles. The van der Waals surface area contributed by atoms with Crippen molar-refractivity contribution in [3.8, 4) is 12.3 Å². The molecule has 0 aliphatic rings. The maximum atomic E-state index is 10.7. The molecule has 1 nitrogen and oxygen atoms in total. The maximum Gasteiger partial charge on any atom is 0.130 e. The van der Waals surface area contributed by atoms with Crippen LogP contribution in [-0.2, 0) is 11.2 Å². The molecule has 0 saturated heterocycles. The summed E-state index contributed by atoms with van der Waals surface area (Å²) in [4.78, 5) is 10.7. The molecule has 1 rings (SSSR count). The second-order valence-electron chi connectivity index (χ2n) is 3.05. The van der Waals surface area contributed by atoms with Gasteiger partial charge < -0.3 is 4.79 Å². The Hall–Kier alpha value is -1.55. The van der Waals surface area contributed by atoms with Gasteiger partial charge in [-0.2, -0.15) is 0 Å². The van der Waals surface area contributed by atoms with Crippen molar-refractivity contribution in [1.82, 2.24) is 0 Å². The van der Waals surface area contributed by atoms with Crippen LogP contribution in [0.1, 0.15) is 24.5 Å². The SMILES string of the molecule is C#Cc1cccc(CCC(C)=O)c1. The van der Waals surface area contributed by atoms with Gasteiger partial charge in [0.1, 0.15) is 5.78 Å². The molecule has 1 heteroatoms. The average Bonchev–Trinajstić information content (AvgIpc) is 2.15. The molecule has 0 atom stereocenters. The number of carbonyl (C=O) groups excluding carboxylic acids is 1. The van der Waals surface area contributed by atoms with Gasteiger partial charge in [-0.3, -0.25) is 0 Å². The monoisotopic (exact) mass is 172 g/mol. The number of carbonyl (C=O) groups is 1. The van der Waals surface area contributed by atoms with Crippen LogP contribution in [0.15, 0.2) is 24.3 Å². The zero-order valence-electron chi connectivity index (χ0n) is 7.71. The normalized spacial score (nSPS) is 9.23. The number of hydrogen-bond acceptors (Lipinski definition) is 1. The van der Waals surface area contributed by atoms with Gasteiger partial charge in [-0.25, -0.2) is 0 Å². The van der Waals surface area contributed by atoms with E-state index in [0.29, 0.717) is 6.42 Å². The Labute approximate surface area is 78.8 Å². The van der Waals surface area contributed by atoms with Gasteiger partial charge in [0.2, 0.25) is 0 Å². The van der Waals surface area contributed by atoms with E-state index >= 15 is 0 Å². The van der Waals surface area contributed by atoms with E-state index in [1.54, 1.807) is 6.92 Å². The highest BCUT2D eigenvalue weighted by atomic mass is 16.1. The van der Waals surface area contributed by atoms with E-state index < -0.39 is 0 Å². The molecule has 1 aromatic rings. The lowest BCUT2D eigenvalue weighted by molar-refractivity contribution is -0.116. The molecule has 0 aliphatic carbocycles. The quantitative estimate of drug-likeness (QED) is 0.639. The minimum Gasteiger partial charge on any atom is -0.300 e. The lowest BCUT2D eigenvalue weighted by Crippen LogP contribution is -1.94. The fraction of sp³-hybridized carbons (Fsp3) is 0.250. The van der Waals surface area contributed by atoms with Crippen LogP contribution < -0.4 is 0 Å². The van der Waals surface area contributed by atoms with Gasteiger partial charge >= 0.3 is 0 Å². The third kappa shape index (κ3) is 3.13. The van der Waals surface area contributed by atoms with Crippen molar-refractivity contribution < 1.29 is 4.79 Å². The maximum absolute atomic E-state index is 10.7. The first-order chi connectivity index (χ1) is 6.22. The Morgan fingerprint density at radius 3 is 2.92 bits per heavy atom. The van der Waals surface area contributed by atoms with Crippen molar-refractivity contribution in [3.63, 3.8) is 0 Å². The molecular formula is C12H12O. The van der Waals surface area contributed by atoms with Crippen LogP contribution in [0, 0.1) is 12.3 Å². The number of ketones is 1. The van der Waals surface area contributed by atoms with Crippen molar-refractivity contribution in [2.45, 2.75) is 19.8 Å². The molecule has 0 saturated carbocycles. The van der Waals surface area contributed by atoms with Gasteiger partial charge in [-0.15, -0.1) is 6.42 Å². The predicted molar refractivity (Wildman–Crippen MR) is 53.4 cm³/mol. The number of rotatable bonds is 3. The predicted octanol–water partition coefficient (Wildman–Crippen LogP) is 2.19. The largest absolute Gasteiger partial charge is 0.300 e. The van der Waals surface area contributed by atoms with Crippen molar-refractivity contribution in [2.75, 3.05) is 0 Å². The van der Waals surface area contributed by atoms with Crippen LogP contribution in [0.5, 0.6) is 0 Å². The molecule has 0 amide bonds. The highest BCUT2D eigenvalue weighted by molar-refractivity contribution is 5.75. The summed E-state index contributed by atoms with van der Waals surface area (Å²) in [5.74, 6) is 2.78. The molecule has 0 bridgehead atoms. The Morgan fingerprint density at radius 1 is 1.54 bits per heavy atom. The van der Waals surface area contributed by atoms with Gasteiger partial charge in [-0.1, -0.05) is 18.1 Å². The summed E-state index contributed by atoms with van der Waals surface area (Å²) in [5.41, 5.74) is 2.01. The molecule has 0 unspecified atom stereocenters. The topological polar surface area (TPSA) is 17.1 Å². The first-order valence-electron chi connectivity index (χ1n) is 4.27. The Morgan fingerprint density at radius 2 is 2.31 bits per heavy atom. The number of terminal acetylenes is 1. The first-order valence-corrected chi connectivity index (χ1v) is 4.27. The molecule has 0 heterocycles. The fourth-order valence-electron chi connectivity index (χ4n) is 1.14. The molecule has 0 N–H and O–H groups in total. The summed E-state index contributed by atoms with van der Waals surface area (Å²) in [5, 5.41) is 0. The second kappa shape index (κ2) is 4.47. The molecule has 1 aromatic carbocycles. The van der Waals surface area contributed by atoms with E-state index in [4.69, 9.17) is 6.42 Å². The Bertz CT molecular complexity index is 344. The van der Waals surface area contributed by atoms with Gasteiger partial charge in [0.25, 0.3) is 0 Å². The molecular weight excluding hydrogens is 160 g/mol. The van der Waals surface area contributed by atoms with Crippen molar-refractivity contribution in [2.24, 2.45) is 0 Å². The average molecular weight is 172 g/mol. The van der Waals surface area contributed by atoms with Crippen LogP contribution in [0.3, 0.4) is 0 Å². The molecule has 0 fully saturated rings. The summed E-state index contributed by atoms with van der Waals surface area (Å²) >= 11 is 0. The van der Waals surface area contributed by atoms with Crippen LogP contribution in [-0.4, -0.2) is 5.78 Å². The minimum absolute atomic E-state index is 0.214. The molecule has 0 aromatic heterocycles. The highest BCUT2D eigenvalue weighted by Gasteiger charge is 1.96. The summed E-state index contributed by atoms with van der Waals surface area (Å²) in [7, 11) is 0.